The predicted octanol–water partition coefficient (Wildman–Crippen LogP) is 4.48. The number of ether oxygens (including phenoxy) is 1. The Morgan fingerprint density at radius 3 is 2.50 bits per heavy atom. The molecule has 0 unspecified atom stereocenters. The van der Waals surface area contributed by atoms with E-state index in [1.54, 1.807) is 18.2 Å². The van der Waals surface area contributed by atoms with Crippen molar-refractivity contribution < 1.29 is 4.74 Å². The topological polar surface area (TPSA) is 47.0 Å². The van der Waals surface area contributed by atoms with Crippen molar-refractivity contribution in [3.63, 3.8) is 0 Å². The first kappa shape index (κ1) is 14.6. The number of nitrogens with one attached hydrogen (secondary N) is 1. The molecule has 2 aromatic rings. The second-order valence-corrected chi connectivity index (χ2v) is 5.13. The van der Waals surface area contributed by atoms with E-state index in [0.29, 0.717) is 16.7 Å². The molecule has 0 spiro atoms. The fourth-order valence-electron chi connectivity index (χ4n) is 1.65. The molecule has 0 bridgehead atoms. The summed E-state index contributed by atoms with van der Waals surface area (Å²) in [6, 6.07) is 8.99. The Balaban J connectivity index is 2.27. The predicted molar refractivity (Wildman–Crippen MR) is 81.8 cm³/mol. The SMILES string of the molecule is CCNc1cc(Oc2ccc(Cl)cc2)nc(C(C)C)n1. The van der Waals surface area contributed by atoms with Gasteiger partial charge in [-0.25, -0.2) is 4.98 Å². The van der Waals surface area contributed by atoms with Gasteiger partial charge in [0.05, 0.1) is 0 Å². The monoisotopic (exact) mass is 291 g/mol. The Kier molecular flexibility index (Phi) is 4.79. The first-order valence-corrected chi connectivity index (χ1v) is 7.02. The first-order valence-electron chi connectivity index (χ1n) is 6.64. The van der Waals surface area contributed by atoms with Crippen LogP contribution in [0.1, 0.15) is 32.5 Å². The quantitative estimate of drug-likeness (QED) is 0.882. The number of halogens is 1. The lowest BCUT2D eigenvalue weighted by Gasteiger charge is -2.11. The molecule has 0 atom stereocenters. The molecule has 20 heavy (non-hydrogen) atoms. The van der Waals surface area contributed by atoms with Crippen LogP contribution in [0.5, 0.6) is 11.6 Å². The zero-order valence-corrected chi connectivity index (χ0v) is 12.6. The number of hydrogen-bond acceptors (Lipinski definition) is 4. The van der Waals surface area contributed by atoms with E-state index in [-0.39, 0.29) is 5.92 Å². The molecule has 0 saturated carbocycles. The van der Waals surface area contributed by atoms with Crippen LogP contribution >= 0.6 is 11.6 Å². The van der Waals surface area contributed by atoms with Gasteiger partial charge in [-0.2, -0.15) is 4.98 Å². The summed E-state index contributed by atoms with van der Waals surface area (Å²) < 4.78 is 5.76. The molecule has 106 valence electrons. The number of aromatic nitrogens is 2. The van der Waals surface area contributed by atoms with Gasteiger partial charge in [-0.1, -0.05) is 25.4 Å². The highest BCUT2D eigenvalue weighted by Crippen LogP contribution is 2.24. The van der Waals surface area contributed by atoms with Crippen LogP contribution in [0.4, 0.5) is 5.82 Å². The minimum absolute atomic E-state index is 0.237. The molecule has 1 aromatic carbocycles. The second-order valence-electron chi connectivity index (χ2n) is 4.69. The van der Waals surface area contributed by atoms with Crippen molar-refractivity contribution in [1.29, 1.82) is 0 Å². The third-order valence-corrected chi connectivity index (χ3v) is 2.88. The van der Waals surface area contributed by atoms with Crippen molar-refractivity contribution in [3.8, 4) is 11.6 Å². The lowest BCUT2D eigenvalue weighted by Crippen LogP contribution is -2.05. The van der Waals surface area contributed by atoms with E-state index in [9.17, 15) is 0 Å². The highest BCUT2D eigenvalue weighted by molar-refractivity contribution is 6.30. The number of nitrogens with zero attached hydrogens (tertiary/aromatic N) is 2. The van der Waals surface area contributed by atoms with Gasteiger partial charge in [-0.3, -0.25) is 0 Å². The summed E-state index contributed by atoms with van der Waals surface area (Å²) in [5.41, 5.74) is 0. The Bertz CT molecular complexity index is 570. The zero-order chi connectivity index (χ0) is 14.5. The maximum Gasteiger partial charge on any atom is 0.224 e. The molecule has 1 aromatic heterocycles. The van der Waals surface area contributed by atoms with E-state index in [1.807, 2.05) is 19.1 Å². The van der Waals surface area contributed by atoms with Gasteiger partial charge in [0.2, 0.25) is 5.88 Å². The summed E-state index contributed by atoms with van der Waals surface area (Å²) in [6.07, 6.45) is 0. The van der Waals surface area contributed by atoms with Gasteiger partial charge in [-0.15, -0.1) is 0 Å². The van der Waals surface area contributed by atoms with Gasteiger partial charge >= 0.3 is 0 Å². The van der Waals surface area contributed by atoms with Crippen molar-refractivity contribution >= 4 is 17.4 Å². The van der Waals surface area contributed by atoms with E-state index in [4.69, 9.17) is 16.3 Å². The van der Waals surface area contributed by atoms with E-state index in [2.05, 4.69) is 29.1 Å². The molecule has 1 N–H and O–H groups in total. The molecule has 4 nitrogen and oxygen atoms in total. The molecular weight excluding hydrogens is 274 g/mol. The molecule has 0 amide bonds. The van der Waals surface area contributed by atoms with Gasteiger partial charge in [0, 0.05) is 23.6 Å². The number of anilines is 1. The van der Waals surface area contributed by atoms with Gasteiger partial charge in [0.15, 0.2) is 0 Å². The van der Waals surface area contributed by atoms with Crippen molar-refractivity contribution in [2.45, 2.75) is 26.7 Å². The summed E-state index contributed by atoms with van der Waals surface area (Å²) in [5, 5.41) is 3.86. The van der Waals surface area contributed by atoms with Crippen LogP contribution in [-0.4, -0.2) is 16.5 Å². The van der Waals surface area contributed by atoms with E-state index in [0.717, 1.165) is 18.2 Å². The Morgan fingerprint density at radius 2 is 1.90 bits per heavy atom. The molecule has 0 fully saturated rings. The van der Waals surface area contributed by atoms with E-state index in [1.165, 1.54) is 0 Å². The smallest absolute Gasteiger partial charge is 0.224 e. The molecule has 0 saturated heterocycles. The number of benzene rings is 1. The summed E-state index contributed by atoms with van der Waals surface area (Å²) in [5.74, 6) is 3.00. The molecular formula is C15H18ClN3O. The summed E-state index contributed by atoms with van der Waals surface area (Å²) in [7, 11) is 0. The van der Waals surface area contributed by atoms with Crippen LogP contribution in [0.15, 0.2) is 30.3 Å². The fraction of sp³-hybridized carbons (Fsp3) is 0.333. The maximum atomic E-state index is 5.86. The van der Waals surface area contributed by atoms with Crippen LogP contribution in [-0.2, 0) is 0 Å². The molecule has 0 aliphatic carbocycles. The minimum atomic E-state index is 0.237. The molecule has 2 rings (SSSR count). The maximum absolute atomic E-state index is 5.86. The van der Waals surface area contributed by atoms with Gasteiger partial charge in [-0.05, 0) is 31.2 Å². The van der Waals surface area contributed by atoms with E-state index >= 15 is 0 Å². The van der Waals surface area contributed by atoms with Gasteiger partial charge in [0.1, 0.15) is 17.4 Å². The molecule has 5 heteroatoms. The van der Waals surface area contributed by atoms with Gasteiger partial charge < -0.3 is 10.1 Å². The molecule has 1 heterocycles. The summed E-state index contributed by atoms with van der Waals surface area (Å²) >= 11 is 5.86. The standard InChI is InChI=1S/C15H18ClN3O/c1-4-17-13-9-14(19-15(18-13)10(2)3)20-12-7-5-11(16)6-8-12/h5-10H,4H2,1-3H3,(H,17,18,19). The third kappa shape index (κ3) is 3.84. The van der Waals surface area contributed by atoms with Crippen molar-refractivity contribution in [3.05, 3.63) is 41.2 Å². The highest BCUT2D eigenvalue weighted by Gasteiger charge is 2.09. The molecule has 0 aliphatic heterocycles. The van der Waals surface area contributed by atoms with Crippen LogP contribution < -0.4 is 10.1 Å². The summed E-state index contributed by atoms with van der Waals surface area (Å²) in [6.45, 7) is 6.93. The number of rotatable bonds is 5. The lowest BCUT2D eigenvalue weighted by molar-refractivity contribution is 0.457. The largest absolute Gasteiger partial charge is 0.439 e. The minimum Gasteiger partial charge on any atom is -0.439 e. The Labute approximate surface area is 124 Å². The Hall–Kier alpha value is -1.81. The van der Waals surface area contributed by atoms with Gasteiger partial charge in [0.25, 0.3) is 0 Å². The average molecular weight is 292 g/mol. The fourth-order valence-corrected chi connectivity index (χ4v) is 1.77. The van der Waals surface area contributed by atoms with Crippen LogP contribution in [0.3, 0.4) is 0 Å². The zero-order valence-electron chi connectivity index (χ0n) is 11.9. The summed E-state index contributed by atoms with van der Waals surface area (Å²) in [4.78, 5) is 8.88. The van der Waals surface area contributed by atoms with Crippen molar-refractivity contribution in [1.82, 2.24) is 9.97 Å². The van der Waals surface area contributed by atoms with Crippen molar-refractivity contribution in [2.75, 3.05) is 11.9 Å². The van der Waals surface area contributed by atoms with Crippen molar-refractivity contribution in [2.24, 2.45) is 0 Å². The normalized spacial score (nSPS) is 10.7. The van der Waals surface area contributed by atoms with Crippen LogP contribution in [0.2, 0.25) is 5.02 Å². The van der Waals surface area contributed by atoms with Crippen LogP contribution in [0.25, 0.3) is 0 Å². The Morgan fingerprint density at radius 1 is 1.20 bits per heavy atom. The molecule has 0 aliphatic rings. The molecule has 0 radical (unpaired) electrons. The van der Waals surface area contributed by atoms with Crippen LogP contribution in [0, 0.1) is 0 Å². The second kappa shape index (κ2) is 6.57. The van der Waals surface area contributed by atoms with E-state index < -0.39 is 0 Å². The average Bonchev–Trinajstić information content (AvgIpc) is 2.41. The lowest BCUT2D eigenvalue weighted by atomic mass is 10.2. The highest BCUT2D eigenvalue weighted by atomic mass is 35.5. The first-order chi connectivity index (χ1) is 9.58. The third-order valence-electron chi connectivity index (χ3n) is 2.63. The number of hydrogen-bond donors (Lipinski definition) is 1.